The lowest BCUT2D eigenvalue weighted by atomic mass is 9.76. The molecule has 1 aliphatic carbocycles. The minimum atomic E-state index is -0.394. The van der Waals surface area contributed by atoms with E-state index in [0.717, 1.165) is 33.1 Å². The Hall–Kier alpha value is -2.15. The van der Waals surface area contributed by atoms with Gasteiger partial charge in [-0.3, -0.25) is 0 Å². The molecule has 1 heterocycles. The van der Waals surface area contributed by atoms with Crippen LogP contribution < -0.4 is 4.74 Å². The van der Waals surface area contributed by atoms with Gasteiger partial charge in [-0.15, -0.1) is 0 Å². The van der Waals surface area contributed by atoms with Crippen molar-refractivity contribution >= 4 is 34.5 Å². The molecule has 0 radical (unpaired) electrons. The fraction of sp³-hybridized carbons (Fsp3) is 0.273. The molecule has 138 valence electrons. The van der Waals surface area contributed by atoms with Gasteiger partial charge in [0.1, 0.15) is 11.9 Å². The summed E-state index contributed by atoms with van der Waals surface area (Å²) in [4.78, 5) is 24.6. The maximum Gasteiger partial charge on any atom is 0.343 e. The summed E-state index contributed by atoms with van der Waals surface area (Å²) in [7, 11) is 0. The first kappa shape index (κ1) is 18.2. The highest BCUT2D eigenvalue weighted by Crippen LogP contribution is 2.49. The molecule has 0 amide bonds. The number of fused-ring (bicyclic) bond motifs is 3. The summed E-state index contributed by atoms with van der Waals surface area (Å²) in [6, 6.07) is 9.16. The molecule has 5 heteroatoms. The quantitative estimate of drug-likeness (QED) is 0.271. The molecule has 0 unspecified atom stereocenters. The molecule has 2 aromatic rings. The summed E-state index contributed by atoms with van der Waals surface area (Å²) in [5.74, 6) is -0.195. The summed E-state index contributed by atoms with van der Waals surface area (Å²) in [6.07, 6.45) is 1.39. The highest BCUT2D eigenvalue weighted by Gasteiger charge is 2.44. The molecule has 4 rings (SSSR count). The minimum Gasteiger partial charge on any atom is -0.453 e. The van der Waals surface area contributed by atoms with Crippen LogP contribution >= 0.6 is 22.6 Å². The minimum absolute atomic E-state index is 0.00486. The third kappa shape index (κ3) is 3.08. The van der Waals surface area contributed by atoms with E-state index in [4.69, 9.17) is 9.47 Å². The molecular formula is C22H19IO4. The zero-order valence-corrected chi connectivity index (χ0v) is 17.3. The molecule has 27 heavy (non-hydrogen) atoms. The molecule has 0 aromatic heterocycles. The molecule has 2 atom stereocenters. The van der Waals surface area contributed by atoms with Gasteiger partial charge in [0.15, 0.2) is 0 Å². The number of esters is 2. The van der Waals surface area contributed by atoms with E-state index >= 15 is 0 Å². The van der Waals surface area contributed by atoms with Crippen molar-refractivity contribution < 1.29 is 19.1 Å². The Kier molecular flexibility index (Phi) is 4.58. The Labute approximate surface area is 171 Å². The lowest BCUT2D eigenvalue weighted by molar-refractivity contribution is -0.139. The molecule has 4 nitrogen and oxygen atoms in total. The Bertz CT molecular complexity index is 975. The number of ether oxygens (including phenoxy) is 2. The molecule has 1 fully saturated rings. The van der Waals surface area contributed by atoms with Crippen LogP contribution in [0.1, 0.15) is 45.1 Å². The van der Waals surface area contributed by atoms with Crippen molar-refractivity contribution in [3.8, 4) is 5.75 Å². The fourth-order valence-electron chi connectivity index (χ4n) is 4.02. The fourth-order valence-corrected chi connectivity index (χ4v) is 4.38. The van der Waals surface area contributed by atoms with Crippen molar-refractivity contribution in [2.75, 3.05) is 0 Å². The molecule has 1 aliphatic heterocycles. The van der Waals surface area contributed by atoms with Crippen LogP contribution in [-0.2, 0) is 16.0 Å². The lowest BCUT2D eigenvalue weighted by Gasteiger charge is -2.30. The third-order valence-electron chi connectivity index (χ3n) is 5.50. The normalized spacial score (nSPS) is 20.7. The maximum absolute atomic E-state index is 12.6. The molecule has 0 bridgehead atoms. The van der Waals surface area contributed by atoms with E-state index in [-0.39, 0.29) is 18.0 Å². The zero-order chi connectivity index (χ0) is 19.3. The second kappa shape index (κ2) is 6.78. The van der Waals surface area contributed by atoms with Crippen molar-refractivity contribution in [3.05, 3.63) is 73.9 Å². The summed E-state index contributed by atoms with van der Waals surface area (Å²) in [5, 5.41) is 0. The summed E-state index contributed by atoms with van der Waals surface area (Å²) >= 11 is 2.19. The second-order valence-corrected chi connectivity index (χ2v) is 8.35. The summed E-state index contributed by atoms with van der Waals surface area (Å²) in [6.45, 7) is 7.83. The molecule has 1 saturated heterocycles. The average molecular weight is 474 g/mol. The summed E-state index contributed by atoms with van der Waals surface area (Å²) in [5.41, 5.74) is 5.11. The third-order valence-corrected chi connectivity index (χ3v) is 6.22. The van der Waals surface area contributed by atoms with Gasteiger partial charge in [0.2, 0.25) is 0 Å². The standard InChI is InChI=1S/C22H19IO4/c1-11-10-18(26-22(25)14-4-6-15(23)7-5-14)13(3)19-16(11)8-9-17-12(2)21(24)27-20(17)19/h4-7,10,17,20H,2,8-9H2,1,3H3/t17-,20+/m0/s1. The van der Waals surface area contributed by atoms with Gasteiger partial charge >= 0.3 is 11.9 Å². The topological polar surface area (TPSA) is 52.6 Å². The highest BCUT2D eigenvalue weighted by molar-refractivity contribution is 14.1. The van der Waals surface area contributed by atoms with Gasteiger partial charge in [0, 0.05) is 20.6 Å². The molecule has 0 spiro atoms. The van der Waals surface area contributed by atoms with Gasteiger partial charge in [-0.05, 0) is 96.3 Å². The van der Waals surface area contributed by atoms with Crippen LogP contribution in [0.3, 0.4) is 0 Å². The Morgan fingerprint density at radius 3 is 2.67 bits per heavy atom. The Morgan fingerprint density at radius 1 is 1.26 bits per heavy atom. The first-order chi connectivity index (χ1) is 12.9. The van der Waals surface area contributed by atoms with Gasteiger partial charge in [-0.1, -0.05) is 6.58 Å². The number of rotatable bonds is 2. The lowest BCUT2D eigenvalue weighted by Crippen LogP contribution is -2.21. The van der Waals surface area contributed by atoms with Gasteiger partial charge in [-0.25, -0.2) is 9.59 Å². The van der Waals surface area contributed by atoms with E-state index in [9.17, 15) is 9.59 Å². The van der Waals surface area contributed by atoms with Crippen LogP contribution in [-0.4, -0.2) is 11.9 Å². The number of halogens is 1. The van der Waals surface area contributed by atoms with E-state index in [2.05, 4.69) is 29.2 Å². The number of hydrogen-bond donors (Lipinski definition) is 0. The monoisotopic (exact) mass is 474 g/mol. The number of aryl methyl sites for hydroxylation is 1. The van der Waals surface area contributed by atoms with Crippen LogP contribution in [0.4, 0.5) is 0 Å². The van der Waals surface area contributed by atoms with Gasteiger partial charge in [0.05, 0.1) is 5.56 Å². The van der Waals surface area contributed by atoms with E-state index < -0.39 is 5.97 Å². The first-order valence-corrected chi connectivity index (χ1v) is 9.95. The largest absolute Gasteiger partial charge is 0.453 e. The number of hydrogen-bond acceptors (Lipinski definition) is 4. The van der Waals surface area contributed by atoms with E-state index in [1.807, 2.05) is 32.0 Å². The van der Waals surface area contributed by atoms with E-state index in [0.29, 0.717) is 16.9 Å². The van der Waals surface area contributed by atoms with E-state index in [1.165, 1.54) is 5.56 Å². The Morgan fingerprint density at radius 2 is 1.96 bits per heavy atom. The second-order valence-electron chi connectivity index (χ2n) is 7.10. The van der Waals surface area contributed by atoms with Crippen LogP contribution in [0, 0.1) is 23.3 Å². The molecule has 2 aromatic carbocycles. The van der Waals surface area contributed by atoms with Crippen molar-refractivity contribution in [1.29, 1.82) is 0 Å². The van der Waals surface area contributed by atoms with Gasteiger partial charge < -0.3 is 9.47 Å². The van der Waals surface area contributed by atoms with Crippen molar-refractivity contribution in [3.63, 3.8) is 0 Å². The SMILES string of the molecule is C=C1C(=O)O[C@H]2c3c(C)c(OC(=O)c4ccc(I)cc4)cc(C)c3CC[C@@H]12. The van der Waals surface area contributed by atoms with Crippen LogP contribution in [0.25, 0.3) is 0 Å². The first-order valence-electron chi connectivity index (χ1n) is 8.87. The predicted molar refractivity (Wildman–Crippen MR) is 110 cm³/mol. The molecule has 2 aliphatic rings. The van der Waals surface area contributed by atoms with Crippen molar-refractivity contribution in [1.82, 2.24) is 0 Å². The van der Waals surface area contributed by atoms with Gasteiger partial charge in [-0.2, -0.15) is 0 Å². The van der Waals surface area contributed by atoms with Crippen molar-refractivity contribution in [2.45, 2.75) is 32.8 Å². The molecule has 0 N–H and O–H groups in total. The van der Waals surface area contributed by atoms with Crippen LogP contribution in [0.5, 0.6) is 5.75 Å². The average Bonchev–Trinajstić information content (AvgIpc) is 2.94. The predicted octanol–water partition coefficient (Wildman–Crippen LogP) is 4.84. The zero-order valence-electron chi connectivity index (χ0n) is 15.2. The number of carbonyl (C=O) groups excluding carboxylic acids is 2. The molecule has 0 saturated carbocycles. The van der Waals surface area contributed by atoms with E-state index in [1.54, 1.807) is 12.1 Å². The van der Waals surface area contributed by atoms with Crippen molar-refractivity contribution in [2.24, 2.45) is 5.92 Å². The van der Waals surface area contributed by atoms with Crippen LogP contribution in [0.2, 0.25) is 0 Å². The Balaban J connectivity index is 1.72. The highest BCUT2D eigenvalue weighted by atomic mass is 127. The number of carbonyl (C=O) groups is 2. The maximum atomic E-state index is 12.6. The van der Waals surface area contributed by atoms with Crippen LogP contribution in [0.15, 0.2) is 42.5 Å². The number of benzene rings is 2. The summed E-state index contributed by atoms with van der Waals surface area (Å²) < 4.78 is 12.4. The molecular weight excluding hydrogens is 455 g/mol. The smallest absolute Gasteiger partial charge is 0.343 e. The van der Waals surface area contributed by atoms with Gasteiger partial charge in [0.25, 0.3) is 0 Å².